The summed E-state index contributed by atoms with van der Waals surface area (Å²) in [5, 5.41) is 4.71. The van der Waals surface area contributed by atoms with Crippen molar-refractivity contribution >= 4 is 0 Å². The highest BCUT2D eigenvalue weighted by atomic mass is 15.4. The Morgan fingerprint density at radius 3 is 3.00 bits per heavy atom. The molecule has 0 N–H and O–H groups in total. The minimum Gasteiger partial charge on any atom is -0.306 e. The van der Waals surface area contributed by atoms with Gasteiger partial charge in [0.25, 0.3) is 0 Å². The van der Waals surface area contributed by atoms with Crippen LogP contribution in [-0.4, -0.2) is 39.8 Å². The van der Waals surface area contributed by atoms with Crippen LogP contribution in [0.25, 0.3) is 0 Å². The lowest BCUT2D eigenvalue weighted by Gasteiger charge is -2.28. The van der Waals surface area contributed by atoms with Crippen LogP contribution in [0.2, 0.25) is 0 Å². The Morgan fingerprint density at radius 1 is 1.28 bits per heavy atom. The second kappa shape index (κ2) is 5.00. The second-order valence-electron chi connectivity index (χ2n) is 6.24. The third kappa shape index (κ3) is 2.58. The molecule has 1 aromatic heterocycles. The first kappa shape index (κ1) is 12.2. The molecule has 2 atom stereocenters. The SMILES string of the molecule is CC1CCc2nc(CC3CCCN(C)C3)nn2C1. The number of likely N-dealkylation sites (tertiary alicyclic amines) is 1. The fourth-order valence-corrected chi connectivity index (χ4v) is 3.30. The highest BCUT2D eigenvalue weighted by molar-refractivity contribution is 4.98. The molecule has 0 bridgehead atoms. The zero-order valence-electron chi connectivity index (χ0n) is 11.6. The minimum atomic E-state index is 0.755. The maximum Gasteiger partial charge on any atom is 0.151 e. The van der Waals surface area contributed by atoms with Gasteiger partial charge in [-0.25, -0.2) is 9.67 Å². The van der Waals surface area contributed by atoms with Crippen LogP contribution in [-0.2, 0) is 19.4 Å². The molecule has 2 unspecified atom stereocenters. The van der Waals surface area contributed by atoms with Crippen molar-refractivity contribution < 1.29 is 0 Å². The highest BCUT2D eigenvalue weighted by Gasteiger charge is 2.22. The van der Waals surface area contributed by atoms with Gasteiger partial charge in [-0.05, 0) is 44.7 Å². The maximum atomic E-state index is 4.74. The summed E-state index contributed by atoms with van der Waals surface area (Å²) in [4.78, 5) is 7.17. The molecule has 100 valence electrons. The lowest BCUT2D eigenvalue weighted by molar-refractivity contribution is 0.207. The molecule has 2 aliphatic rings. The van der Waals surface area contributed by atoms with Crippen LogP contribution in [0.4, 0.5) is 0 Å². The molecule has 1 aromatic rings. The Balaban J connectivity index is 1.66. The molecule has 0 aliphatic carbocycles. The summed E-state index contributed by atoms with van der Waals surface area (Å²) in [6.45, 7) is 5.83. The van der Waals surface area contributed by atoms with Crippen molar-refractivity contribution in [3.8, 4) is 0 Å². The molecule has 3 rings (SSSR count). The first-order valence-electron chi connectivity index (χ1n) is 7.32. The lowest BCUT2D eigenvalue weighted by Crippen LogP contribution is -2.33. The average molecular weight is 248 g/mol. The smallest absolute Gasteiger partial charge is 0.151 e. The zero-order chi connectivity index (χ0) is 12.5. The van der Waals surface area contributed by atoms with E-state index in [0.717, 1.165) is 37.0 Å². The van der Waals surface area contributed by atoms with Crippen molar-refractivity contribution in [1.82, 2.24) is 19.7 Å². The van der Waals surface area contributed by atoms with E-state index in [1.165, 1.54) is 38.2 Å². The molecule has 0 radical (unpaired) electrons. The number of hydrogen-bond acceptors (Lipinski definition) is 3. The monoisotopic (exact) mass is 248 g/mol. The molecular weight excluding hydrogens is 224 g/mol. The van der Waals surface area contributed by atoms with Crippen LogP contribution in [0.15, 0.2) is 0 Å². The van der Waals surface area contributed by atoms with Crippen LogP contribution in [0.1, 0.15) is 37.8 Å². The van der Waals surface area contributed by atoms with Gasteiger partial charge in [-0.15, -0.1) is 0 Å². The van der Waals surface area contributed by atoms with Crippen molar-refractivity contribution in [2.75, 3.05) is 20.1 Å². The van der Waals surface area contributed by atoms with Gasteiger partial charge in [-0.3, -0.25) is 0 Å². The van der Waals surface area contributed by atoms with E-state index in [2.05, 4.69) is 23.6 Å². The number of aryl methyl sites for hydroxylation is 1. The van der Waals surface area contributed by atoms with Crippen molar-refractivity contribution in [3.63, 3.8) is 0 Å². The Hall–Kier alpha value is -0.900. The number of aromatic nitrogens is 3. The van der Waals surface area contributed by atoms with Crippen molar-refractivity contribution in [2.24, 2.45) is 11.8 Å². The summed E-state index contributed by atoms with van der Waals surface area (Å²) in [7, 11) is 2.22. The molecule has 1 saturated heterocycles. The predicted molar refractivity (Wildman–Crippen MR) is 71.4 cm³/mol. The first-order valence-corrected chi connectivity index (χ1v) is 7.32. The molecule has 0 spiro atoms. The first-order chi connectivity index (χ1) is 8.70. The van der Waals surface area contributed by atoms with Gasteiger partial charge in [-0.2, -0.15) is 5.10 Å². The van der Waals surface area contributed by atoms with Crippen molar-refractivity contribution in [1.29, 1.82) is 0 Å². The number of nitrogens with zero attached hydrogens (tertiary/aromatic N) is 4. The van der Waals surface area contributed by atoms with Gasteiger partial charge < -0.3 is 4.90 Å². The van der Waals surface area contributed by atoms with Crippen LogP contribution in [0.5, 0.6) is 0 Å². The van der Waals surface area contributed by atoms with E-state index < -0.39 is 0 Å². The molecule has 0 amide bonds. The zero-order valence-corrected chi connectivity index (χ0v) is 11.6. The molecule has 3 heterocycles. The van der Waals surface area contributed by atoms with Gasteiger partial charge in [0.1, 0.15) is 5.82 Å². The van der Waals surface area contributed by atoms with Crippen LogP contribution >= 0.6 is 0 Å². The van der Waals surface area contributed by atoms with Gasteiger partial charge in [0.05, 0.1) is 0 Å². The third-order valence-electron chi connectivity index (χ3n) is 4.33. The molecule has 4 nitrogen and oxygen atoms in total. The maximum absolute atomic E-state index is 4.74. The summed E-state index contributed by atoms with van der Waals surface area (Å²) < 4.78 is 2.15. The van der Waals surface area contributed by atoms with E-state index in [4.69, 9.17) is 10.1 Å². The fourth-order valence-electron chi connectivity index (χ4n) is 3.30. The Bertz CT molecular complexity index is 412. The molecule has 1 fully saturated rings. The van der Waals surface area contributed by atoms with E-state index in [9.17, 15) is 0 Å². The van der Waals surface area contributed by atoms with Gasteiger partial charge in [0, 0.05) is 25.9 Å². The molecule has 2 aliphatic heterocycles. The van der Waals surface area contributed by atoms with E-state index in [-0.39, 0.29) is 0 Å². The molecule has 18 heavy (non-hydrogen) atoms. The van der Waals surface area contributed by atoms with Gasteiger partial charge in [-0.1, -0.05) is 6.92 Å². The Kier molecular flexibility index (Phi) is 3.37. The Labute approximate surface area is 109 Å². The highest BCUT2D eigenvalue weighted by Crippen LogP contribution is 2.21. The minimum absolute atomic E-state index is 0.755. The molecule has 0 saturated carbocycles. The van der Waals surface area contributed by atoms with Crippen LogP contribution < -0.4 is 0 Å². The summed E-state index contributed by atoms with van der Waals surface area (Å²) in [6.07, 6.45) is 6.11. The van der Waals surface area contributed by atoms with E-state index >= 15 is 0 Å². The summed E-state index contributed by atoms with van der Waals surface area (Å²) in [5.41, 5.74) is 0. The summed E-state index contributed by atoms with van der Waals surface area (Å²) >= 11 is 0. The van der Waals surface area contributed by atoms with E-state index in [1.807, 2.05) is 0 Å². The normalized spacial score (nSPS) is 29.2. The van der Waals surface area contributed by atoms with Crippen LogP contribution in [0.3, 0.4) is 0 Å². The fraction of sp³-hybridized carbons (Fsp3) is 0.857. The van der Waals surface area contributed by atoms with Gasteiger partial charge in [0.2, 0.25) is 0 Å². The topological polar surface area (TPSA) is 34.0 Å². The molecular formula is C14H24N4. The largest absolute Gasteiger partial charge is 0.306 e. The number of hydrogen-bond donors (Lipinski definition) is 0. The van der Waals surface area contributed by atoms with Crippen molar-refractivity contribution in [2.45, 2.75) is 45.6 Å². The number of rotatable bonds is 2. The number of piperidine rings is 1. The average Bonchev–Trinajstić information content (AvgIpc) is 2.70. The molecule has 4 heteroatoms. The third-order valence-corrected chi connectivity index (χ3v) is 4.33. The Morgan fingerprint density at radius 2 is 2.17 bits per heavy atom. The standard InChI is InChI=1S/C14H24N4/c1-11-5-6-14-15-13(16-18(14)9-11)8-12-4-3-7-17(2)10-12/h11-12H,3-10H2,1-2H3. The van der Waals surface area contributed by atoms with E-state index in [1.54, 1.807) is 0 Å². The van der Waals surface area contributed by atoms with Crippen molar-refractivity contribution in [3.05, 3.63) is 11.6 Å². The number of fused-ring (bicyclic) bond motifs is 1. The second-order valence-corrected chi connectivity index (χ2v) is 6.24. The van der Waals surface area contributed by atoms with Gasteiger partial charge in [0.15, 0.2) is 5.82 Å². The predicted octanol–water partition coefficient (Wildman–Crippen LogP) is 1.74. The van der Waals surface area contributed by atoms with Gasteiger partial charge >= 0.3 is 0 Å². The van der Waals surface area contributed by atoms with E-state index in [0.29, 0.717) is 0 Å². The summed E-state index contributed by atoms with van der Waals surface area (Å²) in [5.74, 6) is 3.81. The lowest BCUT2D eigenvalue weighted by atomic mass is 9.95. The molecule has 0 aromatic carbocycles. The quantitative estimate of drug-likeness (QED) is 0.799. The summed E-state index contributed by atoms with van der Waals surface area (Å²) in [6, 6.07) is 0. The van der Waals surface area contributed by atoms with Crippen LogP contribution in [0, 0.1) is 11.8 Å².